The summed E-state index contributed by atoms with van der Waals surface area (Å²) in [5, 5.41) is 4.14. The van der Waals surface area contributed by atoms with Crippen LogP contribution in [0.5, 0.6) is 0 Å². The quantitative estimate of drug-likeness (QED) is 0.638. The Morgan fingerprint density at radius 1 is 1.38 bits per heavy atom. The van der Waals surface area contributed by atoms with Gasteiger partial charge < -0.3 is 0 Å². The zero-order chi connectivity index (χ0) is 9.26. The number of aromatic nitrogens is 5. The summed E-state index contributed by atoms with van der Waals surface area (Å²) in [5.41, 5.74) is 0.797. The van der Waals surface area contributed by atoms with E-state index in [4.69, 9.17) is 11.6 Å². The molecular formula is C7H6ClN5. The molecule has 0 atom stereocenters. The minimum atomic E-state index is 0.213. The first-order valence-corrected chi connectivity index (χ1v) is 4.00. The normalized spacial score (nSPS) is 10.3. The van der Waals surface area contributed by atoms with Crippen LogP contribution in [0, 0.1) is 6.92 Å². The Labute approximate surface area is 79.4 Å². The number of aryl methyl sites for hydroxylation is 1. The minimum absolute atomic E-state index is 0.213. The summed E-state index contributed by atoms with van der Waals surface area (Å²) in [6, 6.07) is 1.78. The molecule has 5 nitrogen and oxygen atoms in total. The first-order valence-electron chi connectivity index (χ1n) is 3.62. The molecule has 0 unspecified atom stereocenters. The van der Waals surface area contributed by atoms with Gasteiger partial charge in [-0.15, -0.1) is 0 Å². The fourth-order valence-electron chi connectivity index (χ4n) is 0.960. The van der Waals surface area contributed by atoms with Gasteiger partial charge in [0.25, 0.3) is 0 Å². The van der Waals surface area contributed by atoms with Gasteiger partial charge in [-0.05, 0) is 18.5 Å². The molecule has 13 heavy (non-hydrogen) atoms. The van der Waals surface area contributed by atoms with Gasteiger partial charge in [0.1, 0.15) is 12.7 Å². The average Bonchev–Trinajstić information content (AvgIpc) is 2.53. The van der Waals surface area contributed by atoms with Crippen LogP contribution in [0.25, 0.3) is 5.82 Å². The van der Waals surface area contributed by atoms with Crippen LogP contribution in [0.1, 0.15) is 5.69 Å². The lowest BCUT2D eigenvalue weighted by atomic mass is 10.4. The molecule has 0 radical (unpaired) electrons. The molecule has 0 N–H and O–H groups in total. The standard InChI is InChI=1S/C7H6ClN5/c1-5-2-6(12-7(8)11-5)13-4-9-3-10-13/h2-4H,1H3. The molecule has 0 saturated carbocycles. The fourth-order valence-corrected chi connectivity index (χ4v) is 1.18. The summed E-state index contributed by atoms with van der Waals surface area (Å²) >= 11 is 5.68. The predicted molar refractivity (Wildman–Crippen MR) is 46.7 cm³/mol. The molecule has 2 aromatic rings. The van der Waals surface area contributed by atoms with Crippen molar-refractivity contribution in [3.05, 3.63) is 29.7 Å². The van der Waals surface area contributed by atoms with Gasteiger partial charge in [0.15, 0.2) is 5.82 Å². The third kappa shape index (κ3) is 1.65. The van der Waals surface area contributed by atoms with Crippen LogP contribution in [-0.4, -0.2) is 24.7 Å². The molecular weight excluding hydrogens is 190 g/mol. The van der Waals surface area contributed by atoms with Crippen LogP contribution >= 0.6 is 11.6 Å². The largest absolute Gasteiger partial charge is 0.224 e. The molecule has 0 amide bonds. The number of hydrogen-bond acceptors (Lipinski definition) is 4. The molecule has 0 aliphatic rings. The first-order chi connectivity index (χ1) is 6.25. The summed E-state index contributed by atoms with van der Waals surface area (Å²) < 4.78 is 1.53. The highest BCUT2D eigenvalue weighted by Gasteiger charge is 2.01. The Hall–Kier alpha value is -1.49. The van der Waals surface area contributed by atoms with Crippen molar-refractivity contribution in [1.29, 1.82) is 0 Å². The highest BCUT2D eigenvalue weighted by Crippen LogP contribution is 2.07. The van der Waals surface area contributed by atoms with Crippen molar-refractivity contribution in [1.82, 2.24) is 24.7 Å². The summed E-state index contributed by atoms with van der Waals surface area (Å²) in [4.78, 5) is 11.7. The maximum atomic E-state index is 5.68. The molecule has 0 saturated heterocycles. The van der Waals surface area contributed by atoms with E-state index in [1.54, 1.807) is 12.4 Å². The van der Waals surface area contributed by atoms with Gasteiger partial charge >= 0.3 is 0 Å². The first kappa shape index (κ1) is 8.12. The van der Waals surface area contributed by atoms with Crippen molar-refractivity contribution in [2.75, 3.05) is 0 Å². The lowest BCUT2D eigenvalue weighted by Crippen LogP contribution is -2.00. The van der Waals surface area contributed by atoms with Crippen LogP contribution in [0.2, 0.25) is 5.28 Å². The Kier molecular flexibility index (Phi) is 1.94. The molecule has 0 fully saturated rings. The van der Waals surface area contributed by atoms with E-state index in [9.17, 15) is 0 Å². The molecule has 2 aromatic heterocycles. The Morgan fingerprint density at radius 2 is 2.23 bits per heavy atom. The van der Waals surface area contributed by atoms with E-state index in [0.29, 0.717) is 5.82 Å². The summed E-state index contributed by atoms with van der Waals surface area (Å²) in [5.74, 6) is 0.620. The maximum absolute atomic E-state index is 5.68. The summed E-state index contributed by atoms with van der Waals surface area (Å²) in [6.07, 6.45) is 2.99. The van der Waals surface area contributed by atoms with E-state index in [0.717, 1.165) is 5.69 Å². The molecule has 0 aromatic carbocycles. The number of halogens is 1. The fraction of sp³-hybridized carbons (Fsp3) is 0.143. The number of nitrogens with zero attached hydrogens (tertiary/aromatic N) is 5. The third-order valence-corrected chi connectivity index (χ3v) is 1.64. The SMILES string of the molecule is Cc1cc(-n2cncn2)nc(Cl)n1. The highest BCUT2D eigenvalue weighted by molar-refractivity contribution is 6.28. The molecule has 0 bridgehead atoms. The smallest absolute Gasteiger partial charge is 0.223 e. The molecule has 2 heterocycles. The van der Waals surface area contributed by atoms with Gasteiger partial charge in [-0.2, -0.15) is 10.1 Å². The predicted octanol–water partition coefficient (Wildman–Crippen LogP) is 1.02. The van der Waals surface area contributed by atoms with Crippen molar-refractivity contribution in [2.45, 2.75) is 6.92 Å². The van der Waals surface area contributed by atoms with Crippen LogP contribution in [0.15, 0.2) is 18.7 Å². The van der Waals surface area contributed by atoms with Gasteiger partial charge in [-0.25, -0.2) is 14.6 Å². The van der Waals surface area contributed by atoms with Crippen molar-refractivity contribution in [2.24, 2.45) is 0 Å². The number of hydrogen-bond donors (Lipinski definition) is 0. The lowest BCUT2D eigenvalue weighted by molar-refractivity contribution is 0.833. The molecule has 6 heteroatoms. The van der Waals surface area contributed by atoms with Gasteiger partial charge in [-0.3, -0.25) is 0 Å². The van der Waals surface area contributed by atoms with Gasteiger partial charge in [0.05, 0.1) is 0 Å². The van der Waals surface area contributed by atoms with E-state index >= 15 is 0 Å². The van der Waals surface area contributed by atoms with E-state index in [-0.39, 0.29) is 5.28 Å². The minimum Gasteiger partial charge on any atom is -0.223 e. The molecule has 2 rings (SSSR count). The third-order valence-electron chi connectivity index (χ3n) is 1.47. The summed E-state index contributed by atoms with van der Waals surface area (Å²) in [6.45, 7) is 1.84. The molecule has 0 spiro atoms. The highest BCUT2D eigenvalue weighted by atomic mass is 35.5. The van der Waals surface area contributed by atoms with E-state index in [2.05, 4.69) is 20.1 Å². The van der Waals surface area contributed by atoms with Crippen molar-refractivity contribution in [3.8, 4) is 5.82 Å². The van der Waals surface area contributed by atoms with Crippen molar-refractivity contribution >= 4 is 11.6 Å². The second kappa shape index (κ2) is 3.10. The van der Waals surface area contributed by atoms with E-state index in [1.165, 1.54) is 11.0 Å². The average molecular weight is 196 g/mol. The van der Waals surface area contributed by atoms with Gasteiger partial charge in [0.2, 0.25) is 5.28 Å². The maximum Gasteiger partial charge on any atom is 0.224 e. The second-order valence-electron chi connectivity index (χ2n) is 2.48. The summed E-state index contributed by atoms with van der Waals surface area (Å²) in [7, 11) is 0. The molecule has 66 valence electrons. The van der Waals surface area contributed by atoms with Crippen molar-refractivity contribution in [3.63, 3.8) is 0 Å². The van der Waals surface area contributed by atoms with Crippen LogP contribution in [-0.2, 0) is 0 Å². The van der Waals surface area contributed by atoms with Gasteiger partial charge in [0, 0.05) is 11.8 Å². The monoisotopic (exact) mass is 195 g/mol. The zero-order valence-corrected chi connectivity index (χ0v) is 7.60. The van der Waals surface area contributed by atoms with Crippen LogP contribution in [0.4, 0.5) is 0 Å². The Balaban J connectivity index is 2.53. The molecule has 0 aliphatic carbocycles. The zero-order valence-electron chi connectivity index (χ0n) is 6.85. The van der Waals surface area contributed by atoms with Crippen LogP contribution < -0.4 is 0 Å². The Morgan fingerprint density at radius 3 is 2.85 bits per heavy atom. The van der Waals surface area contributed by atoms with Crippen molar-refractivity contribution < 1.29 is 0 Å². The molecule has 0 aliphatic heterocycles. The Bertz CT molecular complexity index is 391. The lowest BCUT2D eigenvalue weighted by Gasteiger charge is -2.00. The second-order valence-corrected chi connectivity index (χ2v) is 2.81. The van der Waals surface area contributed by atoms with Crippen LogP contribution in [0.3, 0.4) is 0 Å². The van der Waals surface area contributed by atoms with E-state index in [1.807, 2.05) is 6.92 Å². The van der Waals surface area contributed by atoms with E-state index < -0.39 is 0 Å². The van der Waals surface area contributed by atoms with Gasteiger partial charge in [-0.1, -0.05) is 0 Å². The topological polar surface area (TPSA) is 56.5 Å². The number of rotatable bonds is 1.